The standard InChI is InChI=1S/C9H6ClNO3/c10-7-3-1-2-6(11-7)5-4-8(12)14-9(5)13/h1-3,5H,4H2. The fraction of sp³-hybridized carbons (Fsp3) is 0.222. The van der Waals surface area contributed by atoms with Crippen LogP contribution in [0.3, 0.4) is 0 Å². The lowest BCUT2D eigenvalue weighted by Crippen LogP contribution is -2.07. The van der Waals surface area contributed by atoms with Gasteiger partial charge in [0.25, 0.3) is 0 Å². The summed E-state index contributed by atoms with van der Waals surface area (Å²) in [6.45, 7) is 0. The van der Waals surface area contributed by atoms with Crippen LogP contribution in [0.25, 0.3) is 0 Å². The van der Waals surface area contributed by atoms with E-state index in [2.05, 4.69) is 9.72 Å². The van der Waals surface area contributed by atoms with Crippen LogP contribution in [0.1, 0.15) is 18.0 Å². The zero-order valence-electron chi connectivity index (χ0n) is 7.07. The molecule has 0 spiro atoms. The first-order valence-electron chi connectivity index (χ1n) is 4.04. The van der Waals surface area contributed by atoms with E-state index in [-0.39, 0.29) is 6.42 Å². The van der Waals surface area contributed by atoms with Crippen LogP contribution in [0.15, 0.2) is 18.2 Å². The second kappa shape index (κ2) is 3.38. The molecule has 14 heavy (non-hydrogen) atoms. The predicted octanol–water partition coefficient (Wildman–Crippen LogP) is 1.29. The highest BCUT2D eigenvalue weighted by molar-refractivity contribution is 6.29. The van der Waals surface area contributed by atoms with E-state index in [1.807, 2.05) is 0 Å². The topological polar surface area (TPSA) is 56.3 Å². The van der Waals surface area contributed by atoms with E-state index < -0.39 is 17.9 Å². The van der Waals surface area contributed by atoms with Gasteiger partial charge in [-0.2, -0.15) is 0 Å². The minimum Gasteiger partial charge on any atom is -0.393 e. The van der Waals surface area contributed by atoms with Crippen molar-refractivity contribution in [2.45, 2.75) is 12.3 Å². The Hall–Kier alpha value is -1.42. The predicted molar refractivity (Wildman–Crippen MR) is 47.7 cm³/mol. The van der Waals surface area contributed by atoms with Crippen LogP contribution >= 0.6 is 11.6 Å². The van der Waals surface area contributed by atoms with E-state index in [1.165, 1.54) is 0 Å². The Labute approximate surface area is 84.8 Å². The maximum atomic E-state index is 11.2. The third-order valence-corrected chi connectivity index (χ3v) is 2.17. The average molecular weight is 212 g/mol. The van der Waals surface area contributed by atoms with Gasteiger partial charge in [-0.3, -0.25) is 9.59 Å². The largest absolute Gasteiger partial charge is 0.393 e. The summed E-state index contributed by atoms with van der Waals surface area (Å²) in [6.07, 6.45) is 0.0478. The normalized spacial score (nSPS) is 21.1. The maximum Gasteiger partial charge on any atom is 0.323 e. The molecule has 0 saturated carbocycles. The molecule has 5 heteroatoms. The van der Waals surface area contributed by atoms with Crippen LogP contribution in [-0.4, -0.2) is 16.9 Å². The third-order valence-electron chi connectivity index (χ3n) is 1.96. The molecule has 4 nitrogen and oxygen atoms in total. The van der Waals surface area contributed by atoms with Gasteiger partial charge in [-0.05, 0) is 12.1 Å². The lowest BCUT2D eigenvalue weighted by atomic mass is 10.0. The number of hydrogen-bond acceptors (Lipinski definition) is 4. The van der Waals surface area contributed by atoms with Gasteiger partial charge in [0.05, 0.1) is 12.1 Å². The lowest BCUT2D eigenvalue weighted by Gasteiger charge is -2.02. The molecule has 0 aliphatic carbocycles. The quantitative estimate of drug-likeness (QED) is 0.399. The summed E-state index contributed by atoms with van der Waals surface area (Å²) >= 11 is 5.66. The summed E-state index contributed by atoms with van der Waals surface area (Å²) in [5, 5.41) is 0.301. The Balaban J connectivity index is 2.31. The van der Waals surface area contributed by atoms with Crippen LogP contribution in [0.4, 0.5) is 0 Å². The van der Waals surface area contributed by atoms with Crippen molar-refractivity contribution in [3.05, 3.63) is 29.0 Å². The molecule has 72 valence electrons. The number of nitrogens with zero attached hydrogens (tertiary/aromatic N) is 1. The maximum absolute atomic E-state index is 11.2. The molecule has 1 aliphatic heterocycles. The molecule has 1 aromatic rings. The summed E-state index contributed by atoms with van der Waals surface area (Å²) in [6, 6.07) is 4.93. The van der Waals surface area contributed by atoms with Crippen molar-refractivity contribution in [3.8, 4) is 0 Å². The van der Waals surface area contributed by atoms with Gasteiger partial charge in [-0.25, -0.2) is 4.98 Å². The molecule has 2 heterocycles. The highest BCUT2D eigenvalue weighted by Crippen LogP contribution is 2.26. The molecular formula is C9H6ClNO3. The molecule has 1 atom stereocenters. The highest BCUT2D eigenvalue weighted by Gasteiger charge is 2.35. The van der Waals surface area contributed by atoms with Gasteiger partial charge in [-0.1, -0.05) is 17.7 Å². The van der Waals surface area contributed by atoms with Gasteiger partial charge >= 0.3 is 11.9 Å². The zero-order valence-corrected chi connectivity index (χ0v) is 7.82. The van der Waals surface area contributed by atoms with Crippen molar-refractivity contribution in [1.82, 2.24) is 4.98 Å². The number of pyridine rings is 1. The van der Waals surface area contributed by atoms with E-state index >= 15 is 0 Å². The minimum atomic E-state index is -0.596. The van der Waals surface area contributed by atoms with Crippen molar-refractivity contribution < 1.29 is 14.3 Å². The van der Waals surface area contributed by atoms with Gasteiger partial charge in [-0.15, -0.1) is 0 Å². The molecule has 0 radical (unpaired) electrons. The number of ether oxygens (including phenoxy) is 1. The van der Waals surface area contributed by atoms with Crippen LogP contribution in [0.5, 0.6) is 0 Å². The molecule has 0 aromatic carbocycles. The molecule has 2 rings (SSSR count). The molecular weight excluding hydrogens is 206 g/mol. The van der Waals surface area contributed by atoms with E-state index in [0.29, 0.717) is 10.8 Å². The second-order valence-electron chi connectivity index (χ2n) is 2.93. The van der Waals surface area contributed by atoms with Crippen molar-refractivity contribution in [3.63, 3.8) is 0 Å². The first-order valence-corrected chi connectivity index (χ1v) is 4.41. The fourth-order valence-corrected chi connectivity index (χ4v) is 1.49. The molecule has 1 unspecified atom stereocenters. The summed E-state index contributed by atoms with van der Waals surface area (Å²) in [5.41, 5.74) is 0.480. The van der Waals surface area contributed by atoms with Crippen LogP contribution in [0.2, 0.25) is 5.15 Å². The molecule has 1 aliphatic rings. The molecule has 1 fully saturated rings. The Morgan fingerprint density at radius 3 is 2.79 bits per heavy atom. The van der Waals surface area contributed by atoms with Gasteiger partial charge in [0.15, 0.2) is 0 Å². The first-order chi connectivity index (χ1) is 6.66. The summed E-state index contributed by atoms with van der Waals surface area (Å²) < 4.78 is 4.41. The van der Waals surface area contributed by atoms with Crippen molar-refractivity contribution >= 4 is 23.5 Å². The first kappa shape index (κ1) is 9.15. The average Bonchev–Trinajstić information content (AvgIpc) is 2.45. The van der Waals surface area contributed by atoms with Gasteiger partial charge in [0.1, 0.15) is 11.1 Å². The molecule has 0 N–H and O–H groups in total. The molecule has 1 aromatic heterocycles. The smallest absolute Gasteiger partial charge is 0.323 e. The SMILES string of the molecule is O=C1CC(c2cccc(Cl)n2)C(=O)O1. The summed E-state index contributed by atoms with van der Waals surface area (Å²) in [5.74, 6) is -1.66. The monoisotopic (exact) mass is 211 g/mol. The van der Waals surface area contributed by atoms with E-state index in [0.717, 1.165) is 0 Å². The Bertz CT molecular complexity index is 405. The third kappa shape index (κ3) is 1.61. The minimum absolute atomic E-state index is 0.0478. The van der Waals surface area contributed by atoms with Crippen LogP contribution in [-0.2, 0) is 14.3 Å². The van der Waals surface area contributed by atoms with Crippen molar-refractivity contribution in [1.29, 1.82) is 0 Å². The van der Waals surface area contributed by atoms with E-state index in [9.17, 15) is 9.59 Å². The van der Waals surface area contributed by atoms with Crippen molar-refractivity contribution in [2.24, 2.45) is 0 Å². The number of halogens is 1. The highest BCUT2D eigenvalue weighted by atomic mass is 35.5. The van der Waals surface area contributed by atoms with Crippen molar-refractivity contribution in [2.75, 3.05) is 0 Å². The Morgan fingerprint density at radius 1 is 1.43 bits per heavy atom. The number of hydrogen-bond donors (Lipinski definition) is 0. The van der Waals surface area contributed by atoms with E-state index in [4.69, 9.17) is 11.6 Å². The molecule has 0 bridgehead atoms. The number of aromatic nitrogens is 1. The van der Waals surface area contributed by atoms with Gasteiger partial charge < -0.3 is 4.74 Å². The summed E-state index contributed by atoms with van der Waals surface area (Å²) in [7, 11) is 0. The van der Waals surface area contributed by atoms with Crippen LogP contribution < -0.4 is 0 Å². The molecule has 1 saturated heterocycles. The number of rotatable bonds is 1. The number of carbonyl (C=O) groups is 2. The van der Waals surface area contributed by atoms with Crippen LogP contribution in [0, 0.1) is 0 Å². The zero-order chi connectivity index (χ0) is 10.1. The van der Waals surface area contributed by atoms with Gasteiger partial charge in [0, 0.05) is 0 Å². The number of esters is 2. The molecule has 0 amide bonds. The number of carbonyl (C=O) groups excluding carboxylic acids is 2. The Kier molecular flexibility index (Phi) is 2.21. The second-order valence-corrected chi connectivity index (χ2v) is 3.32. The fourth-order valence-electron chi connectivity index (χ4n) is 1.32. The number of cyclic esters (lactones) is 2. The van der Waals surface area contributed by atoms with Gasteiger partial charge in [0.2, 0.25) is 0 Å². The lowest BCUT2D eigenvalue weighted by molar-refractivity contribution is -0.152. The summed E-state index contributed by atoms with van der Waals surface area (Å²) in [4.78, 5) is 25.9. The van der Waals surface area contributed by atoms with E-state index in [1.54, 1.807) is 18.2 Å². The Morgan fingerprint density at radius 2 is 2.21 bits per heavy atom.